The number of rotatable bonds is 5. The van der Waals surface area contributed by atoms with Crippen molar-refractivity contribution < 1.29 is 9.59 Å². The third-order valence-corrected chi connectivity index (χ3v) is 3.60. The molecule has 0 spiro atoms. The van der Waals surface area contributed by atoms with E-state index in [2.05, 4.69) is 39.6 Å². The SMILES string of the molecule is C=CCN(CCC)c1cc2c(cc1Br)C(=O)C(=O)N2. The Morgan fingerprint density at radius 1 is 1.42 bits per heavy atom. The van der Waals surface area contributed by atoms with E-state index in [0.29, 0.717) is 17.8 Å². The van der Waals surface area contributed by atoms with Crippen LogP contribution in [0.1, 0.15) is 23.7 Å². The fourth-order valence-corrected chi connectivity index (χ4v) is 2.73. The van der Waals surface area contributed by atoms with Crippen LogP contribution < -0.4 is 10.2 Å². The summed E-state index contributed by atoms with van der Waals surface area (Å²) >= 11 is 3.47. The van der Waals surface area contributed by atoms with Gasteiger partial charge in [-0.2, -0.15) is 0 Å². The number of hydrogen-bond acceptors (Lipinski definition) is 3. The van der Waals surface area contributed by atoms with Crippen molar-refractivity contribution >= 4 is 39.0 Å². The smallest absolute Gasteiger partial charge is 0.296 e. The molecule has 0 saturated heterocycles. The van der Waals surface area contributed by atoms with E-state index < -0.39 is 11.7 Å². The zero-order chi connectivity index (χ0) is 14.0. The van der Waals surface area contributed by atoms with Gasteiger partial charge in [0.25, 0.3) is 11.7 Å². The molecule has 0 fully saturated rings. The molecule has 1 N–H and O–H groups in total. The van der Waals surface area contributed by atoms with Crippen LogP contribution in [-0.4, -0.2) is 24.8 Å². The van der Waals surface area contributed by atoms with Crippen LogP contribution in [0.3, 0.4) is 0 Å². The number of hydrogen-bond donors (Lipinski definition) is 1. The Hall–Kier alpha value is -1.62. The largest absolute Gasteiger partial charge is 0.367 e. The van der Waals surface area contributed by atoms with Crippen molar-refractivity contribution in [1.29, 1.82) is 0 Å². The summed E-state index contributed by atoms with van der Waals surface area (Å²) in [6, 6.07) is 3.54. The predicted molar refractivity (Wildman–Crippen MR) is 79.8 cm³/mol. The first-order chi connectivity index (χ1) is 9.08. The number of carbonyl (C=O) groups excluding carboxylic acids is 2. The zero-order valence-corrected chi connectivity index (χ0v) is 12.3. The third kappa shape index (κ3) is 2.56. The van der Waals surface area contributed by atoms with Crippen LogP contribution in [0.25, 0.3) is 0 Å². The van der Waals surface area contributed by atoms with E-state index in [1.165, 1.54) is 0 Å². The van der Waals surface area contributed by atoms with E-state index in [4.69, 9.17) is 0 Å². The third-order valence-electron chi connectivity index (χ3n) is 2.97. The second-order valence-corrected chi connectivity index (χ2v) is 5.22. The molecule has 1 aromatic rings. The number of fused-ring (bicyclic) bond motifs is 1. The minimum absolute atomic E-state index is 0.427. The maximum atomic E-state index is 11.6. The molecule has 19 heavy (non-hydrogen) atoms. The number of ketones is 1. The molecule has 1 aliphatic heterocycles. The molecule has 1 aliphatic rings. The van der Waals surface area contributed by atoms with Crippen LogP contribution in [0.5, 0.6) is 0 Å². The van der Waals surface area contributed by atoms with Gasteiger partial charge in [0, 0.05) is 17.6 Å². The summed E-state index contributed by atoms with van der Waals surface area (Å²) < 4.78 is 0.811. The molecule has 1 aromatic carbocycles. The number of Topliss-reactive ketones (excluding diaryl/α,β-unsaturated/α-hetero) is 1. The van der Waals surface area contributed by atoms with Gasteiger partial charge < -0.3 is 10.2 Å². The standard InChI is InChI=1S/C14H15BrN2O2/c1-3-5-17(6-4-2)12-8-11-9(7-10(12)15)13(18)14(19)16-11/h3,7-8H,1,4-6H2,2H3,(H,16,18,19). The Bertz CT molecular complexity index is 555. The summed E-state index contributed by atoms with van der Waals surface area (Å²) in [5, 5.41) is 2.59. The lowest BCUT2D eigenvalue weighted by molar-refractivity contribution is -0.112. The van der Waals surface area contributed by atoms with Gasteiger partial charge in [-0.3, -0.25) is 9.59 Å². The molecular formula is C14H15BrN2O2. The van der Waals surface area contributed by atoms with Crippen LogP contribution >= 0.6 is 15.9 Å². The number of benzene rings is 1. The van der Waals surface area contributed by atoms with Gasteiger partial charge in [0.1, 0.15) is 0 Å². The second kappa shape index (κ2) is 5.57. The van der Waals surface area contributed by atoms with Crippen LogP contribution in [0.15, 0.2) is 29.3 Å². The maximum Gasteiger partial charge on any atom is 0.296 e. The van der Waals surface area contributed by atoms with Crippen molar-refractivity contribution in [2.24, 2.45) is 0 Å². The van der Waals surface area contributed by atoms with Crippen molar-refractivity contribution in [3.05, 3.63) is 34.8 Å². The number of halogens is 1. The highest BCUT2D eigenvalue weighted by Crippen LogP contribution is 2.35. The van der Waals surface area contributed by atoms with Crippen LogP contribution in [0.2, 0.25) is 0 Å². The molecule has 0 atom stereocenters. The van der Waals surface area contributed by atoms with E-state index in [-0.39, 0.29) is 0 Å². The van der Waals surface area contributed by atoms with Gasteiger partial charge in [0.15, 0.2) is 0 Å². The minimum Gasteiger partial charge on any atom is -0.367 e. The van der Waals surface area contributed by atoms with Gasteiger partial charge in [-0.1, -0.05) is 13.0 Å². The van der Waals surface area contributed by atoms with Gasteiger partial charge in [0.05, 0.1) is 16.9 Å². The van der Waals surface area contributed by atoms with E-state index in [9.17, 15) is 9.59 Å². The van der Waals surface area contributed by atoms with E-state index >= 15 is 0 Å². The summed E-state index contributed by atoms with van der Waals surface area (Å²) in [5.41, 5.74) is 1.96. The predicted octanol–water partition coefficient (Wildman–Crippen LogP) is 2.99. The van der Waals surface area contributed by atoms with E-state index in [1.54, 1.807) is 6.07 Å². The summed E-state index contributed by atoms with van der Waals surface area (Å²) in [7, 11) is 0. The van der Waals surface area contributed by atoms with Gasteiger partial charge in [-0.05, 0) is 34.5 Å². The van der Waals surface area contributed by atoms with Crippen molar-refractivity contribution in [2.75, 3.05) is 23.3 Å². The molecule has 0 saturated carbocycles. The Morgan fingerprint density at radius 2 is 2.16 bits per heavy atom. The van der Waals surface area contributed by atoms with Crippen molar-refractivity contribution in [1.82, 2.24) is 0 Å². The summed E-state index contributed by atoms with van der Waals surface area (Å²) in [5.74, 6) is -1.04. The van der Waals surface area contributed by atoms with Gasteiger partial charge in [0.2, 0.25) is 0 Å². The molecule has 0 aliphatic carbocycles. The first kappa shape index (κ1) is 13.8. The van der Waals surface area contributed by atoms with Crippen molar-refractivity contribution in [3.8, 4) is 0 Å². The number of carbonyl (C=O) groups is 2. The minimum atomic E-state index is -0.565. The van der Waals surface area contributed by atoms with Gasteiger partial charge >= 0.3 is 0 Å². The fraction of sp³-hybridized carbons (Fsp3) is 0.286. The molecule has 0 bridgehead atoms. The first-order valence-corrected chi connectivity index (χ1v) is 6.92. The van der Waals surface area contributed by atoms with Crippen molar-refractivity contribution in [3.63, 3.8) is 0 Å². The highest BCUT2D eigenvalue weighted by atomic mass is 79.9. The molecule has 100 valence electrons. The van der Waals surface area contributed by atoms with Crippen LogP contribution in [-0.2, 0) is 4.79 Å². The summed E-state index contributed by atoms with van der Waals surface area (Å²) in [4.78, 5) is 25.1. The molecule has 5 heteroatoms. The molecule has 0 unspecified atom stereocenters. The van der Waals surface area contributed by atoms with Gasteiger partial charge in [-0.25, -0.2) is 0 Å². The molecule has 0 aromatic heterocycles. The Labute approximate surface area is 120 Å². The summed E-state index contributed by atoms with van der Waals surface area (Å²) in [6.07, 6.45) is 2.84. The normalized spacial score (nSPS) is 13.2. The zero-order valence-electron chi connectivity index (χ0n) is 10.7. The van der Waals surface area contributed by atoms with E-state index in [0.717, 1.165) is 23.1 Å². The Kier molecular flexibility index (Phi) is 4.04. The molecule has 2 rings (SSSR count). The number of nitrogens with zero attached hydrogens (tertiary/aromatic N) is 1. The summed E-state index contributed by atoms with van der Waals surface area (Å²) in [6.45, 7) is 7.45. The number of nitrogens with one attached hydrogen (secondary N) is 1. The quantitative estimate of drug-likeness (QED) is 0.669. The lowest BCUT2D eigenvalue weighted by atomic mass is 10.1. The number of amides is 1. The molecule has 1 heterocycles. The highest BCUT2D eigenvalue weighted by molar-refractivity contribution is 9.10. The van der Waals surface area contributed by atoms with Gasteiger partial charge in [-0.15, -0.1) is 6.58 Å². The Morgan fingerprint density at radius 3 is 2.79 bits per heavy atom. The average molecular weight is 323 g/mol. The molecular weight excluding hydrogens is 308 g/mol. The average Bonchev–Trinajstić information content (AvgIpc) is 2.64. The lowest BCUT2D eigenvalue weighted by Gasteiger charge is -2.24. The second-order valence-electron chi connectivity index (χ2n) is 4.37. The first-order valence-electron chi connectivity index (χ1n) is 6.13. The van der Waals surface area contributed by atoms with Crippen LogP contribution in [0.4, 0.5) is 11.4 Å². The topological polar surface area (TPSA) is 49.4 Å². The Balaban J connectivity index is 2.43. The molecule has 4 nitrogen and oxygen atoms in total. The monoisotopic (exact) mass is 322 g/mol. The molecule has 1 amide bonds. The van der Waals surface area contributed by atoms with Crippen molar-refractivity contribution in [2.45, 2.75) is 13.3 Å². The van der Waals surface area contributed by atoms with E-state index in [1.807, 2.05) is 12.1 Å². The van der Waals surface area contributed by atoms with Crippen LogP contribution in [0, 0.1) is 0 Å². The number of anilines is 2. The molecule has 0 radical (unpaired) electrons. The highest BCUT2D eigenvalue weighted by Gasteiger charge is 2.29. The maximum absolute atomic E-state index is 11.6. The fourth-order valence-electron chi connectivity index (χ4n) is 2.13. The lowest BCUT2D eigenvalue weighted by Crippen LogP contribution is -2.24.